The van der Waals surface area contributed by atoms with Crippen molar-refractivity contribution >= 4 is 11.6 Å². The van der Waals surface area contributed by atoms with Gasteiger partial charge in [0.15, 0.2) is 11.5 Å². The van der Waals surface area contributed by atoms with E-state index in [1.54, 1.807) is 67.3 Å². The maximum atomic E-state index is 12.1. The first-order valence-electron chi connectivity index (χ1n) is 8.45. The molecule has 140 valence electrons. The lowest BCUT2D eigenvalue weighted by Gasteiger charge is -2.09. The molecule has 4 aromatic rings. The maximum Gasteiger partial charge on any atom is 0.277 e. The van der Waals surface area contributed by atoms with Gasteiger partial charge in [0.05, 0.1) is 0 Å². The summed E-state index contributed by atoms with van der Waals surface area (Å²) in [7, 11) is 0. The van der Waals surface area contributed by atoms with Gasteiger partial charge in [0.25, 0.3) is 5.91 Å². The smallest absolute Gasteiger partial charge is 0.277 e. The van der Waals surface area contributed by atoms with E-state index in [1.165, 1.54) is 0 Å². The molecule has 0 aliphatic heterocycles. The number of amides is 1. The van der Waals surface area contributed by atoms with Gasteiger partial charge in [-0.25, -0.2) is 9.67 Å². The van der Waals surface area contributed by atoms with Crippen LogP contribution in [-0.4, -0.2) is 30.8 Å². The van der Waals surface area contributed by atoms with Gasteiger partial charge >= 0.3 is 0 Å². The summed E-state index contributed by atoms with van der Waals surface area (Å²) in [6.07, 6.45) is 3.46. The minimum absolute atomic E-state index is 0.223. The first-order chi connectivity index (χ1) is 13.6. The summed E-state index contributed by atoms with van der Waals surface area (Å²) in [6, 6.07) is 12.0. The number of carbonyl (C=O) groups excluding carboxylic acids is 1. The van der Waals surface area contributed by atoms with Crippen LogP contribution in [0.5, 0.6) is 11.6 Å². The van der Waals surface area contributed by atoms with Crippen molar-refractivity contribution in [2.75, 3.05) is 5.32 Å². The summed E-state index contributed by atoms with van der Waals surface area (Å²) < 4.78 is 12.4. The van der Waals surface area contributed by atoms with Crippen LogP contribution in [0.4, 0.5) is 5.69 Å². The molecule has 3 aromatic heterocycles. The summed E-state index contributed by atoms with van der Waals surface area (Å²) >= 11 is 0. The molecule has 0 aliphatic carbocycles. The Balaban J connectivity index is 1.47. The lowest BCUT2D eigenvalue weighted by molar-refractivity contribution is 0.101. The number of aryl methyl sites for hydroxylation is 2. The SMILES string of the molecule is Cc1nc(Oc2ccc(NC(=O)c3cc(C)on3)cc2)cc(-n2cccn2)n1. The van der Waals surface area contributed by atoms with Gasteiger partial charge in [-0.15, -0.1) is 0 Å². The van der Waals surface area contributed by atoms with Crippen LogP contribution in [0.15, 0.2) is 59.4 Å². The highest BCUT2D eigenvalue weighted by atomic mass is 16.5. The highest BCUT2D eigenvalue weighted by Crippen LogP contribution is 2.23. The summed E-state index contributed by atoms with van der Waals surface area (Å²) in [4.78, 5) is 20.7. The number of rotatable bonds is 5. The molecule has 0 atom stereocenters. The molecule has 0 bridgehead atoms. The Morgan fingerprint density at radius 1 is 1.14 bits per heavy atom. The Morgan fingerprint density at radius 2 is 1.96 bits per heavy atom. The van der Waals surface area contributed by atoms with Crippen LogP contribution in [0, 0.1) is 13.8 Å². The number of hydrogen-bond acceptors (Lipinski definition) is 7. The summed E-state index contributed by atoms with van der Waals surface area (Å²) in [5, 5.41) is 10.6. The Labute approximate surface area is 160 Å². The Morgan fingerprint density at radius 3 is 2.64 bits per heavy atom. The second-order valence-corrected chi connectivity index (χ2v) is 5.97. The highest BCUT2D eigenvalue weighted by Gasteiger charge is 2.11. The van der Waals surface area contributed by atoms with Crippen molar-refractivity contribution in [1.29, 1.82) is 0 Å². The summed E-state index contributed by atoms with van der Waals surface area (Å²) in [6.45, 7) is 3.51. The molecule has 1 N–H and O–H groups in total. The van der Waals surface area contributed by atoms with E-state index < -0.39 is 0 Å². The summed E-state index contributed by atoms with van der Waals surface area (Å²) in [5.41, 5.74) is 0.828. The number of benzene rings is 1. The third-order valence-corrected chi connectivity index (χ3v) is 3.74. The largest absolute Gasteiger partial charge is 0.439 e. The first kappa shape index (κ1) is 17.4. The first-order valence-corrected chi connectivity index (χ1v) is 8.45. The van der Waals surface area contributed by atoms with Crippen molar-refractivity contribution < 1.29 is 14.1 Å². The number of hydrogen-bond donors (Lipinski definition) is 1. The second kappa shape index (κ2) is 7.31. The molecule has 0 saturated heterocycles. The van der Waals surface area contributed by atoms with Gasteiger partial charge in [0, 0.05) is 30.2 Å². The fourth-order valence-corrected chi connectivity index (χ4v) is 2.49. The Bertz CT molecular complexity index is 1100. The Kier molecular flexibility index (Phi) is 4.55. The molecule has 0 aliphatic rings. The Hall–Kier alpha value is -4.01. The van der Waals surface area contributed by atoms with Crippen LogP contribution in [0.1, 0.15) is 22.1 Å². The van der Waals surface area contributed by atoms with Crippen molar-refractivity contribution in [3.8, 4) is 17.4 Å². The molecule has 4 rings (SSSR count). The minimum atomic E-state index is -0.346. The lowest BCUT2D eigenvalue weighted by atomic mass is 10.3. The molecule has 0 spiro atoms. The van der Waals surface area contributed by atoms with Crippen LogP contribution in [0.2, 0.25) is 0 Å². The van der Waals surface area contributed by atoms with E-state index in [9.17, 15) is 4.79 Å². The zero-order valence-corrected chi connectivity index (χ0v) is 15.2. The molecule has 0 radical (unpaired) electrons. The van der Waals surface area contributed by atoms with E-state index in [0.29, 0.717) is 34.7 Å². The fourth-order valence-electron chi connectivity index (χ4n) is 2.49. The van der Waals surface area contributed by atoms with Gasteiger partial charge < -0.3 is 14.6 Å². The number of nitrogens with one attached hydrogen (secondary N) is 1. The average Bonchev–Trinajstić information content (AvgIpc) is 3.35. The molecule has 9 heteroatoms. The molecular formula is C19H16N6O3. The zero-order valence-electron chi connectivity index (χ0n) is 15.2. The second-order valence-electron chi connectivity index (χ2n) is 5.97. The van der Waals surface area contributed by atoms with Gasteiger partial charge in [0.2, 0.25) is 5.88 Å². The van der Waals surface area contributed by atoms with Gasteiger partial charge in [-0.3, -0.25) is 4.79 Å². The van der Waals surface area contributed by atoms with Crippen LogP contribution in [0.3, 0.4) is 0 Å². The van der Waals surface area contributed by atoms with Crippen molar-refractivity contribution in [2.45, 2.75) is 13.8 Å². The molecule has 1 amide bonds. The highest BCUT2D eigenvalue weighted by molar-refractivity contribution is 6.02. The quantitative estimate of drug-likeness (QED) is 0.569. The van der Waals surface area contributed by atoms with Crippen LogP contribution >= 0.6 is 0 Å². The lowest BCUT2D eigenvalue weighted by Crippen LogP contribution is -2.12. The topological polar surface area (TPSA) is 108 Å². The summed E-state index contributed by atoms with van der Waals surface area (Å²) in [5.74, 6) is 2.37. The van der Waals surface area contributed by atoms with Gasteiger partial charge in [-0.1, -0.05) is 5.16 Å². The van der Waals surface area contributed by atoms with Crippen molar-refractivity contribution in [2.24, 2.45) is 0 Å². The predicted molar refractivity (Wildman–Crippen MR) is 99.6 cm³/mol. The molecule has 1 aromatic carbocycles. The van der Waals surface area contributed by atoms with E-state index in [0.717, 1.165) is 0 Å². The monoisotopic (exact) mass is 376 g/mol. The number of carbonyl (C=O) groups is 1. The van der Waals surface area contributed by atoms with E-state index in [1.807, 2.05) is 6.07 Å². The van der Waals surface area contributed by atoms with E-state index >= 15 is 0 Å². The third kappa shape index (κ3) is 3.88. The number of anilines is 1. The van der Waals surface area contributed by atoms with E-state index in [4.69, 9.17) is 9.26 Å². The molecule has 28 heavy (non-hydrogen) atoms. The number of nitrogens with zero attached hydrogens (tertiary/aromatic N) is 5. The third-order valence-electron chi connectivity index (χ3n) is 3.74. The van der Waals surface area contributed by atoms with Gasteiger partial charge in [-0.2, -0.15) is 10.1 Å². The molecule has 3 heterocycles. The maximum absolute atomic E-state index is 12.1. The van der Waals surface area contributed by atoms with Crippen molar-refractivity contribution in [1.82, 2.24) is 24.9 Å². The minimum Gasteiger partial charge on any atom is -0.439 e. The normalized spacial score (nSPS) is 10.6. The predicted octanol–water partition coefficient (Wildman–Crippen LogP) is 3.31. The van der Waals surface area contributed by atoms with Gasteiger partial charge in [0.1, 0.15) is 17.3 Å². The standard InChI is InChI=1S/C19H16N6O3/c1-12-10-16(24-28-12)19(26)23-14-4-6-15(7-5-14)27-18-11-17(21-13(2)22-18)25-9-3-8-20-25/h3-11H,1-2H3,(H,23,26). The number of ether oxygens (including phenoxy) is 1. The zero-order chi connectivity index (χ0) is 19.5. The van der Waals surface area contributed by atoms with Crippen molar-refractivity contribution in [3.63, 3.8) is 0 Å². The van der Waals surface area contributed by atoms with E-state index in [-0.39, 0.29) is 11.6 Å². The van der Waals surface area contributed by atoms with Crippen LogP contribution in [-0.2, 0) is 0 Å². The molecule has 0 saturated carbocycles. The molecule has 0 unspecified atom stereocenters. The van der Waals surface area contributed by atoms with Crippen LogP contribution < -0.4 is 10.1 Å². The number of aromatic nitrogens is 5. The van der Waals surface area contributed by atoms with Crippen LogP contribution in [0.25, 0.3) is 5.82 Å². The van der Waals surface area contributed by atoms with Gasteiger partial charge in [-0.05, 0) is 44.2 Å². The fraction of sp³-hybridized carbons (Fsp3) is 0.105. The average molecular weight is 376 g/mol. The van der Waals surface area contributed by atoms with Crippen molar-refractivity contribution in [3.05, 3.63) is 72.1 Å². The molecule has 9 nitrogen and oxygen atoms in total. The molecule has 0 fully saturated rings. The van der Waals surface area contributed by atoms with E-state index in [2.05, 4.69) is 25.5 Å². The molecular weight excluding hydrogens is 360 g/mol.